The second kappa shape index (κ2) is 9.03. The lowest BCUT2D eigenvalue weighted by Gasteiger charge is -2.05. The van der Waals surface area contributed by atoms with Crippen molar-refractivity contribution in [3.63, 3.8) is 0 Å². The standard InChI is InChI=1S/C25H18N2O4S/c1-16-6-11-19(12-7-16)32-24-13-9-17(14-23(24)27(30)31)8-10-18-15-21(25(28)29)20-4-2-3-5-22(20)26-18/h2-15H,1H3,(H,28,29)/b10-8+. The molecule has 1 aromatic heterocycles. The number of carboxylic acid groups (broad SMARTS) is 1. The number of hydrogen-bond donors (Lipinski definition) is 1. The first kappa shape index (κ1) is 21.3. The van der Waals surface area contributed by atoms with Crippen LogP contribution in [0.4, 0.5) is 5.69 Å². The van der Waals surface area contributed by atoms with E-state index in [0.717, 1.165) is 10.5 Å². The van der Waals surface area contributed by atoms with Crippen molar-refractivity contribution in [2.75, 3.05) is 0 Å². The van der Waals surface area contributed by atoms with Gasteiger partial charge in [-0.2, -0.15) is 0 Å². The average Bonchev–Trinajstić information content (AvgIpc) is 2.79. The number of aromatic nitrogens is 1. The Kier molecular flexibility index (Phi) is 6.00. The van der Waals surface area contributed by atoms with Gasteiger partial charge in [0, 0.05) is 16.3 Å². The average molecular weight is 442 g/mol. The molecule has 6 nitrogen and oxygen atoms in total. The molecule has 4 rings (SSSR count). The molecule has 4 aromatic rings. The Morgan fingerprint density at radius 1 is 1.03 bits per heavy atom. The van der Waals surface area contributed by atoms with Crippen molar-refractivity contribution in [3.8, 4) is 0 Å². The van der Waals surface area contributed by atoms with Crippen molar-refractivity contribution in [1.82, 2.24) is 4.98 Å². The molecule has 0 atom stereocenters. The summed E-state index contributed by atoms with van der Waals surface area (Å²) in [5.41, 5.74) is 2.95. The molecule has 0 aliphatic carbocycles. The highest BCUT2D eigenvalue weighted by Crippen LogP contribution is 2.35. The predicted molar refractivity (Wildman–Crippen MR) is 126 cm³/mol. The van der Waals surface area contributed by atoms with Crippen LogP contribution in [0.3, 0.4) is 0 Å². The van der Waals surface area contributed by atoms with Crippen LogP contribution in [-0.4, -0.2) is 21.0 Å². The summed E-state index contributed by atoms with van der Waals surface area (Å²) in [4.78, 5) is 28.8. The van der Waals surface area contributed by atoms with Crippen LogP contribution in [0.5, 0.6) is 0 Å². The Morgan fingerprint density at radius 3 is 2.50 bits per heavy atom. The highest BCUT2D eigenvalue weighted by atomic mass is 32.2. The maximum absolute atomic E-state index is 11.6. The third kappa shape index (κ3) is 4.68. The monoisotopic (exact) mass is 442 g/mol. The Bertz CT molecular complexity index is 1360. The van der Waals surface area contributed by atoms with Gasteiger partial charge in [-0.05, 0) is 48.9 Å². The van der Waals surface area contributed by atoms with Crippen LogP contribution in [-0.2, 0) is 0 Å². The van der Waals surface area contributed by atoms with Gasteiger partial charge < -0.3 is 5.11 Å². The van der Waals surface area contributed by atoms with Gasteiger partial charge in [-0.15, -0.1) is 0 Å². The molecule has 0 aliphatic rings. The van der Waals surface area contributed by atoms with Crippen molar-refractivity contribution >= 4 is 46.5 Å². The highest BCUT2D eigenvalue weighted by Gasteiger charge is 2.15. The normalized spacial score (nSPS) is 11.2. The van der Waals surface area contributed by atoms with Gasteiger partial charge in [-0.1, -0.05) is 59.8 Å². The van der Waals surface area contributed by atoms with Crippen molar-refractivity contribution < 1.29 is 14.8 Å². The number of carbonyl (C=O) groups is 1. The lowest BCUT2D eigenvalue weighted by molar-refractivity contribution is -0.387. The van der Waals surface area contributed by atoms with E-state index >= 15 is 0 Å². The number of aromatic carboxylic acids is 1. The van der Waals surface area contributed by atoms with Gasteiger partial charge >= 0.3 is 5.97 Å². The van der Waals surface area contributed by atoms with Crippen LogP contribution in [0.1, 0.15) is 27.2 Å². The summed E-state index contributed by atoms with van der Waals surface area (Å²) in [5.74, 6) is -1.04. The molecule has 0 saturated carbocycles. The lowest BCUT2D eigenvalue weighted by atomic mass is 10.1. The number of nitrogens with zero attached hydrogens (tertiary/aromatic N) is 2. The lowest BCUT2D eigenvalue weighted by Crippen LogP contribution is -2.00. The van der Waals surface area contributed by atoms with Crippen molar-refractivity contribution in [1.29, 1.82) is 0 Å². The van der Waals surface area contributed by atoms with Crippen LogP contribution >= 0.6 is 11.8 Å². The molecule has 1 heterocycles. The number of fused-ring (bicyclic) bond motifs is 1. The Morgan fingerprint density at radius 2 is 1.78 bits per heavy atom. The summed E-state index contributed by atoms with van der Waals surface area (Å²) in [6.07, 6.45) is 3.35. The third-order valence-electron chi connectivity index (χ3n) is 4.84. The number of nitro groups is 1. The number of carboxylic acids is 1. The summed E-state index contributed by atoms with van der Waals surface area (Å²) < 4.78 is 0. The second-order valence-corrected chi connectivity index (χ2v) is 8.27. The van der Waals surface area contributed by atoms with Crippen LogP contribution in [0.25, 0.3) is 23.1 Å². The van der Waals surface area contributed by atoms with Gasteiger partial charge in [0.2, 0.25) is 0 Å². The van der Waals surface area contributed by atoms with Gasteiger partial charge in [0.25, 0.3) is 5.69 Å². The number of aryl methyl sites for hydroxylation is 1. The van der Waals surface area contributed by atoms with Gasteiger partial charge in [-0.3, -0.25) is 10.1 Å². The Balaban J connectivity index is 1.66. The van der Waals surface area contributed by atoms with Crippen LogP contribution < -0.4 is 0 Å². The first-order valence-electron chi connectivity index (χ1n) is 9.75. The molecule has 0 radical (unpaired) electrons. The SMILES string of the molecule is Cc1ccc(Sc2ccc(/C=C/c3cc(C(=O)O)c4ccccc4n3)cc2[N+](=O)[O-])cc1. The highest BCUT2D eigenvalue weighted by molar-refractivity contribution is 7.99. The zero-order chi connectivity index (χ0) is 22.7. The van der Waals surface area contributed by atoms with Crippen molar-refractivity contribution in [3.05, 3.63) is 105 Å². The number of rotatable bonds is 6. The zero-order valence-corrected chi connectivity index (χ0v) is 17.9. The summed E-state index contributed by atoms with van der Waals surface area (Å²) in [6.45, 7) is 1.99. The number of para-hydroxylation sites is 1. The molecule has 3 aromatic carbocycles. The number of nitro benzene ring substituents is 1. The van der Waals surface area contributed by atoms with Gasteiger partial charge in [0.1, 0.15) is 0 Å². The van der Waals surface area contributed by atoms with Crippen LogP contribution in [0.15, 0.2) is 82.6 Å². The third-order valence-corrected chi connectivity index (χ3v) is 5.91. The van der Waals surface area contributed by atoms with E-state index < -0.39 is 10.9 Å². The Hall–Kier alpha value is -3.97. The summed E-state index contributed by atoms with van der Waals surface area (Å²) >= 11 is 1.34. The number of pyridine rings is 1. The molecule has 0 aliphatic heterocycles. The quantitative estimate of drug-likeness (QED) is 0.272. The zero-order valence-electron chi connectivity index (χ0n) is 17.1. The number of hydrogen-bond acceptors (Lipinski definition) is 5. The van der Waals surface area contributed by atoms with E-state index in [4.69, 9.17) is 0 Å². The largest absolute Gasteiger partial charge is 0.478 e. The molecule has 0 bridgehead atoms. The summed E-state index contributed by atoms with van der Waals surface area (Å²) in [5, 5.41) is 21.7. The topological polar surface area (TPSA) is 93.3 Å². The summed E-state index contributed by atoms with van der Waals surface area (Å²) in [6, 6.07) is 21.3. The fraction of sp³-hybridized carbons (Fsp3) is 0.0400. The van der Waals surface area contributed by atoms with E-state index in [1.54, 1.807) is 48.6 Å². The first-order chi connectivity index (χ1) is 15.4. The molecule has 0 amide bonds. The van der Waals surface area contributed by atoms with E-state index in [0.29, 0.717) is 27.1 Å². The van der Waals surface area contributed by atoms with E-state index in [1.165, 1.54) is 23.9 Å². The molecule has 0 unspecified atom stereocenters. The maximum atomic E-state index is 11.6. The minimum atomic E-state index is -1.04. The second-order valence-electron chi connectivity index (χ2n) is 7.15. The van der Waals surface area contributed by atoms with Gasteiger partial charge in [0.15, 0.2) is 0 Å². The minimum Gasteiger partial charge on any atom is -0.478 e. The van der Waals surface area contributed by atoms with Crippen LogP contribution in [0.2, 0.25) is 0 Å². The first-order valence-corrected chi connectivity index (χ1v) is 10.6. The molecule has 0 saturated heterocycles. The fourth-order valence-corrected chi connectivity index (χ4v) is 4.14. The molecule has 158 valence electrons. The molecule has 1 N–H and O–H groups in total. The van der Waals surface area contributed by atoms with Crippen LogP contribution in [0, 0.1) is 17.0 Å². The van der Waals surface area contributed by atoms with Crippen molar-refractivity contribution in [2.45, 2.75) is 16.7 Å². The van der Waals surface area contributed by atoms with E-state index in [2.05, 4.69) is 4.98 Å². The predicted octanol–water partition coefficient (Wildman–Crippen LogP) is 6.47. The van der Waals surface area contributed by atoms with E-state index in [1.807, 2.05) is 31.2 Å². The van der Waals surface area contributed by atoms with Gasteiger partial charge in [0.05, 0.1) is 26.6 Å². The molecule has 32 heavy (non-hydrogen) atoms. The van der Waals surface area contributed by atoms with Gasteiger partial charge in [-0.25, -0.2) is 9.78 Å². The molecule has 7 heteroatoms. The molecule has 0 fully saturated rings. The van der Waals surface area contributed by atoms with E-state index in [-0.39, 0.29) is 11.3 Å². The maximum Gasteiger partial charge on any atom is 0.336 e. The molecular formula is C25H18N2O4S. The summed E-state index contributed by atoms with van der Waals surface area (Å²) in [7, 11) is 0. The molecule has 0 spiro atoms. The van der Waals surface area contributed by atoms with Crippen molar-refractivity contribution in [2.24, 2.45) is 0 Å². The fourth-order valence-electron chi connectivity index (χ4n) is 3.24. The van der Waals surface area contributed by atoms with E-state index in [9.17, 15) is 20.0 Å². The molecular weight excluding hydrogens is 424 g/mol. The minimum absolute atomic E-state index is 0.00965. The smallest absolute Gasteiger partial charge is 0.336 e. The number of benzene rings is 3. The Labute approximate surface area is 188 Å².